The lowest BCUT2D eigenvalue weighted by Crippen LogP contribution is -2.55. The molecule has 0 saturated carbocycles. The molecule has 2 aromatic carbocycles. The molecule has 2 unspecified atom stereocenters. The van der Waals surface area contributed by atoms with Gasteiger partial charge in [0.05, 0.1) is 5.52 Å². The Labute approximate surface area is 220 Å². The summed E-state index contributed by atoms with van der Waals surface area (Å²) in [5.74, 6) is 1.17. The Morgan fingerprint density at radius 3 is 2.57 bits per heavy atom. The van der Waals surface area contributed by atoms with Crippen LogP contribution in [0.15, 0.2) is 72.6 Å². The van der Waals surface area contributed by atoms with Gasteiger partial charge in [-0.05, 0) is 74.8 Å². The van der Waals surface area contributed by atoms with Gasteiger partial charge in [0, 0.05) is 48.3 Å². The highest BCUT2D eigenvalue weighted by Crippen LogP contribution is 2.34. The largest absolute Gasteiger partial charge is 0.437 e. The fraction of sp³-hybridized carbons (Fsp3) is 0.250. The molecule has 190 valence electrons. The Morgan fingerprint density at radius 1 is 1.08 bits per heavy atom. The number of fused-ring (bicyclic) bond motifs is 1. The Balaban J connectivity index is 1.34. The van der Waals surface area contributed by atoms with Crippen LogP contribution < -0.4 is 20.3 Å². The monoisotopic (exact) mass is 514 g/mol. The SMILES string of the molecule is C=CC(=O)Nc1cccc(Oc2nc(Nc3ccc(N4CC(C)N(C)C(C)C4)cc3)nc3ccsc23)c1. The summed E-state index contributed by atoms with van der Waals surface area (Å²) in [6.07, 6.45) is 1.23. The number of piperazine rings is 1. The number of anilines is 4. The second-order valence-electron chi connectivity index (χ2n) is 9.25. The molecule has 9 heteroatoms. The van der Waals surface area contributed by atoms with E-state index in [1.165, 1.54) is 23.1 Å². The minimum absolute atomic E-state index is 0.283. The van der Waals surface area contributed by atoms with Crippen molar-refractivity contribution in [1.82, 2.24) is 14.9 Å². The average Bonchev–Trinajstić information content (AvgIpc) is 3.37. The van der Waals surface area contributed by atoms with Crippen LogP contribution in [0.25, 0.3) is 10.2 Å². The van der Waals surface area contributed by atoms with Crippen molar-refractivity contribution in [2.75, 3.05) is 35.7 Å². The van der Waals surface area contributed by atoms with E-state index in [1.807, 2.05) is 23.6 Å². The third-order valence-corrected chi connectivity index (χ3v) is 7.51. The molecule has 1 amide bonds. The number of nitrogens with zero attached hydrogens (tertiary/aromatic N) is 4. The Hall–Kier alpha value is -3.95. The lowest BCUT2D eigenvalue weighted by molar-refractivity contribution is -0.111. The molecule has 0 aliphatic carbocycles. The van der Waals surface area contributed by atoms with E-state index in [4.69, 9.17) is 4.74 Å². The highest BCUT2D eigenvalue weighted by molar-refractivity contribution is 7.17. The molecule has 0 spiro atoms. The van der Waals surface area contributed by atoms with E-state index in [-0.39, 0.29) is 5.91 Å². The highest BCUT2D eigenvalue weighted by atomic mass is 32.1. The highest BCUT2D eigenvalue weighted by Gasteiger charge is 2.26. The molecule has 1 aliphatic rings. The van der Waals surface area contributed by atoms with Crippen molar-refractivity contribution < 1.29 is 9.53 Å². The van der Waals surface area contributed by atoms with Crippen molar-refractivity contribution in [3.8, 4) is 11.6 Å². The third kappa shape index (κ3) is 5.58. The molecule has 8 nitrogen and oxygen atoms in total. The van der Waals surface area contributed by atoms with E-state index in [9.17, 15) is 4.79 Å². The molecule has 2 N–H and O–H groups in total. The Bertz CT molecular complexity index is 1410. The van der Waals surface area contributed by atoms with Crippen molar-refractivity contribution in [2.24, 2.45) is 0 Å². The van der Waals surface area contributed by atoms with Crippen molar-refractivity contribution >= 4 is 50.5 Å². The molecule has 3 heterocycles. The standard InChI is InChI=1S/C28H30N6O2S/c1-5-25(35)29-21-7-6-8-23(15-21)36-27-26-24(13-14-37-26)31-28(32-27)30-20-9-11-22(12-10-20)34-16-18(2)33(4)19(3)17-34/h5-15,18-19H,1,16-17H2,2-4H3,(H,29,35)(H,30,31,32). The van der Waals surface area contributed by atoms with E-state index in [2.05, 4.69) is 82.1 Å². The van der Waals surface area contributed by atoms with Gasteiger partial charge in [-0.15, -0.1) is 11.3 Å². The van der Waals surface area contributed by atoms with Crippen molar-refractivity contribution in [3.05, 3.63) is 72.6 Å². The van der Waals surface area contributed by atoms with Crippen LogP contribution in [0, 0.1) is 0 Å². The second-order valence-corrected chi connectivity index (χ2v) is 10.2. The zero-order chi connectivity index (χ0) is 25.9. The first-order chi connectivity index (χ1) is 17.9. The molecule has 1 fully saturated rings. The van der Waals surface area contributed by atoms with Crippen molar-refractivity contribution in [1.29, 1.82) is 0 Å². The van der Waals surface area contributed by atoms with E-state index in [0.717, 1.165) is 29.0 Å². The maximum absolute atomic E-state index is 11.7. The summed E-state index contributed by atoms with van der Waals surface area (Å²) in [6.45, 7) is 10.0. The number of carbonyl (C=O) groups excluding carboxylic acids is 1. The smallest absolute Gasteiger partial charge is 0.247 e. The number of ether oxygens (including phenoxy) is 1. The Morgan fingerprint density at radius 2 is 1.84 bits per heavy atom. The molecule has 37 heavy (non-hydrogen) atoms. The third-order valence-electron chi connectivity index (χ3n) is 6.62. The van der Waals surface area contributed by atoms with Crippen LogP contribution in [0.1, 0.15) is 13.8 Å². The number of amides is 1. The van der Waals surface area contributed by atoms with Crippen molar-refractivity contribution in [2.45, 2.75) is 25.9 Å². The molecular formula is C28H30N6O2S. The van der Waals surface area contributed by atoms with Gasteiger partial charge in [-0.25, -0.2) is 4.98 Å². The maximum atomic E-state index is 11.7. The van der Waals surface area contributed by atoms with Gasteiger partial charge in [-0.3, -0.25) is 9.69 Å². The number of rotatable bonds is 7. The van der Waals surface area contributed by atoms with Gasteiger partial charge >= 0.3 is 0 Å². The average molecular weight is 515 g/mol. The number of carbonyl (C=O) groups is 1. The van der Waals surface area contributed by atoms with Gasteiger partial charge in [-0.1, -0.05) is 12.6 Å². The van der Waals surface area contributed by atoms with Crippen LogP contribution in [0.2, 0.25) is 0 Å². The molecule has 1 aliphatic heterocycles. The second kappa shape index (κ2) is 10.6. The van der Waals surface area contributed by atoms with Crippen LogP contribution >= 0.6 is 11.3 Å². The van der Waals surface area contributed by atoms with E-state index in [1.54, 1.807) is 12.1 Å². The van der Waals surface area contributed by atoms with Crippen LogP contribution in [-0.2, 0) is 4.79 Å². The van der Waals surface area contributed by atoms with E-state index < -0.39 is 0 Å². The molecular weight excluding hydrogens is 484 g/mol. The minimum atomic E-state index is -0.283. The maximum Gasteiger partial charge on any atom is 0.247 e. The van der Waals surface area contributed by atoms with Gasteiger partial charge in [-0.2, -0.15) is 4.98 Å². The van der Waals surface area contributed by atoms with Crippen LogP contribution in [-0.4, -0.2) is 53.0 Å². The number of aromatic nitrogens is 2. The van der Waals surface area contributed by atoms with Gasteiger partial charge in [0.1, 0.15) is 10.4 Å². The number of thiophene rings is 1. The summed E-state index contributed by atoms with van der Waals surface area (Å²) >= 11 is 1.52. The summed E-state index contributed by atoms with van der Waals surface area (Å²) in [7, 11) is 2.19. The molecule has 1 saturated heterocycles. The van der Waals surface area contributed by atoms with Crippen molar-refractivity contribution in [3.63, 3.8) is 0 Å². The first-order valence-electron chi connectivity index (χ1n) is 12.2. The van der Waals surface area contributed by atoms with Crippen LogP contribution in [0.4, 0.5) is 23.0 Å². The summed E-state index contributed by atoms with van der Waals surface area (Å²) in [5.41, 5.74) is 3.51. The van der Waals surface area contributed by atoms with Gasteiger partial charge in [0.15, 0.2) is 0 Å². The van der Waals surface area contributed by atoms with E-state index in [0.29, 0.717) is 35.3 Å². The summed E-state index contributed by atoms with van der Waals surface area (Å²) in [5, 5.41) is 8.03. The number of benzene rings is 2. The quantitative estimate of drug-likeness (QED) is 0.298. The molecule has 0 radical (unpaired) electrons. The molecule has 2 aromatic heterocycles. The predicted molar refractivity (Wildman–Crippen MR) is 151 cm³/mol. The topological polar surface area (TPSA) is 82.6 Å². The Kier molecular flexibility index (Phi) is 7.07. The zero-order valence-corrected chi connectivity index (χ0v) is 22.0. The number of nitrogens with one attached hydrogen (secondary N) is 2. The number of hydrogen-bond acceptors (Lipinski definition) is 8. The number of likely N-dealkylation sites (N-methyl/N-ethyl adjacent to an activating group) is 1. The molecule has 4 aromatic rings. The summed E-state index contributed by atoms with van der Waals surface area (Å²) in [6, 6.07) is 18.5. The first-order valence-corrected chi connectivity index (χ1v) is 13.1. The molecule has 5 rings (SSSR count). The predicted octanol–water partition coefficient (Wildman–Crippen LogP) is 5.88. The first kappa shape index (κ1) is 24.7. The minimum Gasteiger partial charge on any atom is -0.437 e. The number of hydrogen-bond donors (Lipinski definition) is 2. The normalized spacial score (nSPS) is 18.0. The summed E-state index contributed by atoms with van der Waals surface area (Å²) < 4.78 is 6.99. The molecule has 0 bridgehead atoms. The lowest BCUT2D eigenvalue weighted by atomic mass is 10.1. The van der Waals surface area contributed by atoms with Crippen LogP contribution in [0.3, 0.4) is 0 Å². The zero-order valence-electron chi connectivity index (χ0n) is 21.1. The summed E-state index contributed by atoms with van der Waals surface area (Å²) in [4.78, 5) is 25.8. The fourth-order valence-corrected chi connectivity index (χ4v) is 5.16. The van der Waals surface area contributed by atoms with Crippen LogP contribution in [0.5, 0.6) is 11.6 Å². The van der Waals surface area contributed by atoms with Gasteiger partial charge in [0.25, 0.3) is 0 Å². The lowest BCUT2D eigenvalue weighted by Gasteiger charge is -2.43. The van der Waals surface area contributed by atoms with Gasteiger partial charge < -0.3 is 20.3 Å². The van der Waals surface area contributed by atoms with E-state index >= 15 is 0 Å². The fourth-order valence-electron chi connectivity index (χ4n) is 4.40. The van der Waals surface area contributed by atoms with Gasteiger partial charge in [0.2, 0.25) is 17.7 Å². The molecule has 2 atom stereocenters.